The molecule has 2 aliphatic rings. The topological polar surface area (TPSA) is 109 Å². The maximum absolute atomic E-state index is 6.04. The minimum Gasteiger partial charge on any atom is -0.324 e. The molecule has 0 fully saturated rings. The lowest BCUT2D eigenvalue weighted by Crippen LogP contribution is -1.98. The first-order valence-corrected chi connectivity index (χ1v) is 38.9. The molecule has 0 atom stereocenters. The molecule has 0 spiro atoms. The third kappa shape index (κ3) is 19.1. The Morgan fingerprint density at radius 3 is 0.785 bits per heavy atom. The zero-order valence-corrected chi connectivity index (χ0v) is 59.7. The summed E-state index contributed by atoms with van der Waals surface area (Å²) in [4.78, 5) is 43.7. The van der Waals surface area contributed by atoms with Gasteiger partial charge in [0.15, 0.2) is 23.3 Å². The number of benzene rings is 4. The summed E-state index contributed by atoms with van der Waals surface area (Å²) < 4.78 is 0. The van der Waals surface area contributed by atoms with Gasteiger partial charge in [-0.15, -0.1) is 6.58 Å². The largest absolute Gasteiger partial charge is 0.324 e. The summed E-state index contributed by atoms with van der Waals surface area (Å²) in [6.07, 6.45) is 54.5. The molecule has 5 heterocycles. The predicted octanol–water partition coefficient (Wildman–Crippen LogP) is 25.7. The molecule has 4 aromatic carbocycles. The maximum Gasteiger partial charge on any atom is 0.165 e. The van der Waals surface area contributed by atoms with E-state index in [1.54, 1.807) is 0 Å². The highest BCUT2D eigenvalue weighted by Gasteiger charge is 2.30. The fraction of sp³-hybridized carbons (Fsp3) is 0.600. The molecule has 0 aliphatic carbocycles. The summed E-state index contributed by atoms with van der Waals surface area (Å²) in [5.74, 6) is 3.05. The molecule has 2 N–H and O–H groups in total. The Balaban J connectivity index is 1.39. The van der Waals surface area contributed by atoms with E-state index >= 15 is 0 Å². The van der Waals surface area contributed by atoms with Gasteiger partial charge in [0.05, 0.1) is 0 Å². The molecule has 0 amide bonds. The van der Waals surface area contributed by atoms with Crippen LogP contribution in [-0.4, -0.2) is 39.9 Å². The Morgan fingerprint density at radius 1 is 0.269 bits per heavy atom. The van der Waals surface area contributed by atoms with E-state index in [1.807, 2.05) is 6.08 Å². The van der Waals surface area contributed by atoms with Crippen LogP contribution >= 0.6 is 0 Å². The smallest absolute Gasteiger partial charge is 0.165 e. The Bertz CT molecular complexity index is 3630. The first kappa shape index (κ1) is 71.3. The number of unbranched alkanes of at least 4 members (excludes halogenated alkanes) is 30. The van der Waals surface area contributed by atoms with E-state index in [2.05, 4.69) is 114 Å². The average molecular weight is 1260 g/mol. The van der Waals surface area contributed by atoms with Crippen molar-refractivity contribution in [2.24, 2.45) is 0 Å². The molecule has 0 saturated carbocycles. The van der Waals surface area contributed by atoms with Gasteiger partial charge in [-0.05, 0) is 141 Å². The molecule has 8 heteroatoms. The number of aromatic amines is 2. The number of nitrogens with zero attached hydrogens (tertiary/aromatic N) is 6. The third-order valence-electron chi connectivity index (χ3n) is 20.7. The lowest BCUT2D eigenvalue weighted by molar-refractivity contribution is 0.606. The van der Waals surface area contributed by atoms with Crippen LogP contribution in [0.1, 0.15) is 324 Å². The highest BCUT2D eigenvalue weighted by atomic mass is 15.1. The maximum atomic E-state index is 6.04. The summed E-state index contributed by atoms with van der Waals surface area (Å²) in [5, 5.41) is 4.64. The number of hydrogen-bond donors (Lipinski definition) is 2. The van der Waals surface area contributed by atoms with Crippen LogP contribution in [0.25, 0.3) is 89.7 Å². The predicted molar refractivity (Wildman–Crippen MR) is 402 cm³/mol. The molecular weight excluding hydrogens is 1130 g/mol. The van der Waals surface area contributed by atoms with Crippen LogP contribution in [0.4, 0.5) is 0 Å². The summed E-state index contributed by atoms with van der Waals surface area (Å²) in [5.41, 5.74) is 18.4. The number of H-pyrrole nitrogens is 2. The van der Waals surface area contributed by atoms with Crippen LogP contribution in [0.2, 0.25) is 0 Å². The van der Waals surface area contributed by atoms with E-state index in [-0.39, 0.29) is 0 Å². The summed E-state index contributed by atoms with van der Waals surface area (Å²) in [6.45, 7) is 20.4. The molecule has 3 aromatic heterocycles. The second-order valence-electron chi connectivity index (χ2n) is 28.2. The molecule has 2 aliphatic heterocycles. The molecule has 0 radical (unpaired) electrons. The van der Waals surface area contributed by atoms with E-state index in [9.17, 15) is 0 Å². The van der Waals surface area contributed by atoms with Crippen molar-refractivity contribution in [2.75, 3.05) is 0 Å². The number of hydrogen-bond acceptors (Lipinski definition) is 6. The van der Waals surface area contributed by atoms with Gasteiger partial charge in [-0.25, -0.2) is 29.9 Å². The van der Waals surface area contributed by atoms with Gasteiger partial charge in [-0.1, -0.05) is 289 Å². The van der Waals surface area contributed by atoms with Crippen molar-refractivity contribution in [3.63, 3.8) is 0 Å². The summed E-state index contributed by atoms with van der Waals surface area (Å²) >= 11 is 0. The fourth-order valence-electron chi connectivity index (χ4n) is 15.2. The second-order valence-corrected chi connectivity index (χ2v) is 28.2. The van der Waals surface area contributed by atoms with Gasteiger partial charge in [0, 0.05) is 43.8 Å². The zero-order valence-electron chi connectivity index (χ0n) is 59.7. The number of fused-ring (bicyclic) bond motifs is 20. The summed E-state index contributed by atoms with van der Waals surface area (Å²) in [7, 11) is 0. The first-order valence-electron chi connectivity index (χ1n) is 38.9. The molecule has 0 saturated heterocycles. The lowest BCUT2D eigenvalue weighted by atomic mass is 9.91. The monoisotopic (exact) mass is 1250 g/mol. The normalized spacial score (nSPS) is 12.0. The number of aromatic nitrogens is 8. The van der Waals surface area contributed by atoms with Crippen molar-refractivity contribution >= 4 is 44.1 Å². The van der Waals surface area contributed by atoms with Crippen LogP contribution in [0.15, 0.2) is 61.2 Å². The van der Waals surface area contributed by atoms with Gasteiger partial charge in [-0.2, -0.15) is 0 Å². The fourth-order valence-corrected chi connectivity index (χ4v) is 15.2. The Morgan fingerprint density at radius 2 is 0.495 bits per heavy atom. The van der Waals surface area contributed by atoms with E-state index in [0.717, 1.165) is 147 Å². The van der Waals surface area contributed by atoms with E-state index in [4.69, 9.17) is 29.9 Å². The molecule has 502 valence electrons. The number of rotatable bonds is 45. The van der Waals surface area contributed by atoms with Crippen LogP contribution in [0.3, 0.4) is 0 Å². The number of aryl methyl sites for hydroxylation is 8. The Labute approximate surface area is 563 Å². The van der Waals surface area contributed by atoms with E-state index in [0.29, 0.717) is 0 Å². The van der Waals surface area contributed by atoms with E-state index < -0.39 is 0 Å². The van der Waals surface area contributed by atoms with Crippen molar-refractivity contribution < 1.29 is 0 Å². The van der Waals surface area contributed by atoms with Crippen LogP contribution in [0.5, 0.6) is 0 Å². The van der Waals surface area contributed by atoms with Crippen LogP contribution in [-0.2, 0) is 44.9 Å². The van der Waals surface area contributed by atoms with Crippen molar-refractivity contribution in [3.8, 4) is 45.6 Å². The molecule has 9 rings (SSSR count). The SMILES string of the molecule is C=CCCc1ccc(C)c2c3nc4nc(nc5[nH]c(nc6nc(nc([nH]3)c12)-c1c(CCCCCCCC)ccc(CCCCCCCC)c1-6)c1c(CCCCCCCC)ccc(CCCCCCCC)c51)-c1c(CCCCCCCC)ccc(CCCCCCCC)c1-4. The minimum absolute atomic E-state index is 0.754. The average Bonchev–Trinajstić information content (AvgIpc) is 1.59. The lowest BCUT2D eigenvalue weighted by Gasteiger charge is -2.13. The minimum atomic E-state index is 0.754. The molecule has 93 heavy (non-hydrogen) atoms. The van der Waals surface area contributed by atoms with Gasteiger partial charge >= 0.3 is 0 Å². The summed E-state index contributed by atoms with van der Waals surface area (Å²) in [6, 6.07) is 19.3. The first-order chi connectivity index (χ1) is 45.8. The van der Waals surface area contributed by atoms with Crippen LogP contribution < -0.4 is 0 Å². The third-order valence-corrected chi connectivity index (χ3v) is 20.7. The Kier molecular flexibility index (Phi) is 29.5. The zero-order chi connectivity index (χ0) is 65.0. The van der Waals surface area contributed by atoms with Crippen molar-refractivity contribution in [1.82, 2.24) is 39.9 Å². The highest BCUT2D eigenvalue weighted by molar-refractivity contribution is 6.10. The molecular formula is C85H122N8. The van der Waals surface area contributed by atoms with Gasteiger partial charge < -0.3 is 9.97 Å². The van der Waals surface area contributed by atoms with Gasteiger partial charge in [0.25, 0.3) is 0 Å². The van der Waals surface area contributed by atoms with Crippen molar-refractivity contribution in [3.05, 3.63) is 106 Å². The molecule has 7 aromatic rings. The van der Waals surface area contributed by atoms with Gasteiger partial charge in [-0.3, -0.25) is 0 Å². The molecule has 8 nitrogen and oxygen atoms in total. The van der Waals surface area contributed by atoms with E-state index in [1.165, 1.54) is 270 Å². The van der Waals surface area contributed by atoms with Gasteiger partial charge in [0.1, 0.15) is 22.6 Å². The van der Waals surface area contributed by atoms with Crippen molar-refractivity contribution in [2.45, 2.75) is 331 Å². The number of nitrogens with one attached hydrogen (secondary N) is 2. The molecule has 8 bridgehead atoms. The Hall–Kier alpha value is -6.02. The van der Waals surface area contributed by atoms with Crippen molar-refractivity contribution in [1.29, 1.82) is 0 Å². The standard InChI is InChI=1S/C85H122N8/c1-9-16-23-29-35-41-48-64-56-57-65(49-42-36-30-24-17-10-2)73-72(64)80-87-78-70-62(8)54-55-63(47-22-15-7)71(70)79(86-78)88-81-74-66(50-43-37-31-25-18-11-3)58-59-67(51-44-38-32-26-19-12-4)75(74)83(90-81)92-85-77-69(53-46-40-34-28-21-14-6)61-60-68(52-45-39-33-27-20-13-5)76(77)84(93-85)91-82(73)89-80/h15,54-61H,7,9-14,16-53H2,1-6,8H3,(H2,86,87,88,89,90,91,92,93). The number of allylic oxidation sites excluding steroid dienone is 1. The van der Waals surface area contributed by atoms with Gasteiger partial charge in [0.2, 0.25) is 0 Å². The highest BCUT2D eigenvalue weighted by Crippen LogP contribution is 2.45. The quantitative estimate of drug-likeness (QED) is 0.0291. The van der Waals surface area contributed by atoms with Crippen LogP contribution in [0, 0.1) is 6.92 Å². The second kappa shape index (κ2) is 38.5. The molecule has 0 unspecified atom stereocenters.